The third-order valence-corrected chi connectivity index (χ3v) is 4.35. The number of aromatic nitrogens is 1. The molecule has 3 heteroatoms. The second-order valence-electron chi connectivity index (χ2n) is 5.75. The average Bonchev–Trinajstić information content (AvgIpc) is 3.01. The van der Waals surface area contributed by atoms with Crippen LogP contribution in [0.4, 0.5) is 0 Å². The predicted molar refractivity (Wildman–Crippen MR) is 92.1 cm³/mol. The van der Waals surface area contributed by atoms with Gasteiger partial charge in [-0.1, -0.05) is 30.3 Å². The topological polar surface area (TPSA) is 26.2 Å². The summed E-state index contributed by atoms with van der Waals surface area (Å²) in [6.45, 7) is 3.56. The second kappa shape index (κ2) is 5.94. The standard InChI is InChI=1S/C20H20N2O/c1-2-23-17-11-9-15(10-12-17)20-19-8-5-13-22(19)18-7-4-3-6-16(18)14-21-20/h3-13,20-21H,2,14H2,1H3/t20-/m1/s1. The van der Waals surface area contributed by atoms with Crippen LogP contribution in [0.25, 0.3) is 5.69 Å². The van der Waals surface area contributed by atoms with Gasteiger partial charge in [0.05, 0.1) is 12.6 Å². The maximum absolute atomic E-state index is 5.55. The van der Waals surface area contributed by atoms with E-state index in [1.165, 1.54) is 22.5 Å². The minimum atomic E-state index is 0.174. The normalized spacial score (nSPS) is 16.3. The molecule has 0 bridgehead atoms. The first-order chi connectivity index (χ1) is 11.4. The molecule has 23 heavy (non-hydrogen) atoms. The van der Waals surface area contributed by atoms with E-state index >= 15 is 0 Å². The molecule has 2 heterocycles. The Kier molecular flexibility index (Phi) is 3.64. The first kappa shape index (κ1) is 14.1. The van der Waals surface area contributed by atoms with Gasteiger partial charge in [-0.3, -0.25) is 0 Å². The number of rotatable bonds is 3. The molecule has 0 aliphatic carbocycles. The maximum Gasteiger partial charge on any atom is 0.119 e. The number of nitrogens with zero attached hydrogens (tertiary/aromatic N) is 1. The van der Waals surface area contributed by atoms with Crippen molar-refractivity contribution in [2.24, 2.45) is 0 Å². The third kappa shape index (κ3) is 2.53. The summed E-state index contributed by atoms with van der Waals surface area (Å²) in [4.78, 5) is 0. The van der Waals surface area contributed by atoms with Crippen LogP contribution in [0.15, 0.2) is 66.9 Å². The highest BCUT2D eigenvalue weighted by Gasteiger charge is 2.22. The van der Waals surface area contributed by atoms with Crippen molar-refractivity contribution in [3.63, 3.8) is 0 Å². The molecule has 0 saturated carbocycles. The molecule has 2 aromatic carbocycles. The Morgan fingerprint density at radius 1 is 1.04 bits per heavy atom. The zero-order chi connectivity index (χ0) is 15.6. The van der Waals surface area contributed by atoms with Gasteiger partial charge in [0.25, 0.3) is 0 Å². The van der Waals surface area contributed by atoms with E-state index in [0.29, 0.717) is 6.61 Å². The lowest BCUT2D eigenvalue weighted by atomic mass is 10.0. The van der Waals surface area contributed by atoms with Crippen molar-refractivity contribution in [3.8, 4) is 11.4 Å². The van der Waals surface area contributed by atoms with Gasteiger partial charge in [-0.15, -0.1) is 0 Å². The Bertz CT molecular complexity index is 805. The van der Waals surface area contributed by atoms with Crippen molar-refractivity contribution in [1.29, 1.82) is 0 Å². The van der Waals surface area contributed by atoms with Gasteiger partial charge >= 0.3 is 0 Å². The second-order valence-corrected chi connectivity index (χ2v) is 5.75. The Morgan fingerprint density at radius 3 is 2.70 bits per heavy atom. The first-order valence-electron chi connectivity index (χ1n) is 8.08. The molecule has 116 valence electrons. The van der Waals surface area contributed by atoms with E-state index in [1.54, 1.807) is 0 Å². The highest BCUT2D eigenvalue weighted by atomic mass is 16.5. The minimum absolute atomic E-state index is 0.174. The van der Waals surface area contributed by atoms with Crippen LogP contribution < -0.4 is 10.1 Å². The smallest absolute Gasteiger partial charge is 0.119 e. The van der Waals surface area contributed by atoms with Crippen molar-refractivity contribution >= 4 is 0 Å². The molecule has 0 fully saturated rings. The molecule has 1 aliphatic heterocycles. The largest absolute Gasteiger partial charge is 0.494 e. The molecule has 0 saturated heterocycles. The molecule has 1 aliphatic rings. The highest BCUT2D eigenvalue weighted by molar-refractivity contribution is 5.47. The number of hydrogen-bond acceptors (Lipinski definition) is 2. The molecular formula is C20H20N2O. The van der Waals surface area contributed by atoms with Crippen LogP contribution in [0.3, 0.4) is 0 Å². The fourth-order valence-corrected chi connectivity index (χ4v) is 3.27. The first-order valence-corrected chi connectivity index (χ1v) is 8.08. The zero-order valence-electron chi connectivity index (χ0n) is 13.2. The van der Waals surface area contributed by atoms with Gasteiger partial charge in [-0.2, -0.15) is 0 Å². The summed E-state index contributed by atoms with van der Waals surface area (Å²) in [6.07, 6.45) is 2.14. The number of fused-ring (bicyclic) bond motifs is 3. The van der Waals surface area contributed by atoms with Crippen molar-refractivity contribution in [2.75, 3.05) is 6.61 Å². The molecule has 0 amide bonds. The number of nitrogens with one attached hydrogen (secondary N) is 1. The summed E-state index contributed by atoms with van der Waals surface area (Å²) in [5.41, 5.74) is 5.09. The summed E-state index contributed by atoms with van der Waals surface area (Å²) < 4.78 is 7.84. The minimum Gasteiger partial charge on any atom is -0.494 e. The van der Waals surface area contributed by atoms with Gasteiger partial charge in [-0.25, -0.2) is 0 Å². The predicted octanol–water partition coefficient (Wildman–Crippen LogP) is 4.07. The van der Waals surface area contributed by atoms with E-state index in [0.717, 1.165) is 12.3 Å². The third-order valence-electron chi connectivity index (χ3n) is 4.35. The Morgan fingerprint density at radius 2 is 1.87 bits per heavy atom. The molecule has 4 rings (SSSR count). The van der Waals surface area contributed by atoms with E-state index in [-0.39, 0.29) is 6.04 Å². The van der Waals surface area contributed by atoms with Crippen LogP contribution in [0.2, 0.25) is 0 Å². The van der Waals surface area contributed by atoms with Crippen LogP contribution >= 0.6 is 0 Å². The van der Waals surface area contributed by atoms with Gasteiger partial charge in [-0.05, 0) is 48.4 Å². The van der Waals surface area contributed by atoms with Gasteiger partial charge in [0.1, 0.15) is 5.75 Å². The summed E-state index contributed by atoms with van der Waals surface area (Å²) in [7, 11) is 0. The lowest BCUT2D eigenvalue weighted by Gasteiger charge is -2.18. The Balaban J connectivity index is 1.74. The van der Waals surface area contributed by atoms with Crippen LogP contribution in [0, 0.1) is 0 Å². The van der Waals surface area contributed by atoms with E-state index in [2.05, 4.69) is 64.6 Å². The van der Waals surface area contributed by atoms with Crippen LogP contribution in [0.1, 0.15) is 29.8 Å². The highest BCUT2D eigenvalue weighted by Crippen LogP contribution is 2.31. The molecular weight excluding hydrogens is 284 g/mol. The summed E-state index contributed by atoms with van der Waals surface area (Å²) >= 11 is 0. The fraction of sp³-hybridized carbons (Fsp3) is 0.200. The number of para-hydroxylation sites is 1. The molecule has 3 aromatic rings. The van der Waals surface area contributed by atoms with Crippen molar-refractivity contribution in [1.82, 2.24) is 9.88 Å². The number of hydrogen-bond donors (Lipinski definition) is 1. The van der Waals surface area contributed by atoms with E-state index in [1.807, 2.05) is 19.1 Å². The van der Waals surface area contributed by atoms with Crippen LogP contribution in [-0.2, 0) is 6.54 Å². The van der Waals surface area contributed by atoms with Crippen molar-refractivity contribution < 1.29 is 4.74 Å². The van der Waals surface area contributed by atoms with Crippen LogP contribution in [-0.4, -0.2) is 11.2 Å². The fourth-order valence-electron chi connectivity index (χ4n) is 3.27. The van der Waals surface area contributed by atoms with E-state index in [9.17, 15) is 0 Å². The van der Waals surface area contributed by atoms with Gasteiger partial charge in [0.2, 0.25) is 0 Å². The zero-order valence-corrected chi connectivity index (χ0v) is 13.2. The molecule has 1 atom stereocenters. The Labute approximate surface area is 136 Å². The summed E-state index contributed by atoms with van der Waals surface area (Å²) in [6, 6.07) is 21.4. The average molecular weight is 304 g/mol. The number of benzene rings is 2. The lowest BCUT2D eigenvalue weighted by molar-refractivity contribution is 0.340. The van der Waals surface area contributed by atoms with Crippen molar-refractivity contribution in [2.45, 2.75) is 19.5 Å². The SMILES string of the molecule is CCOc1ccc([C@H]2NCc3ccccc3-n3cccc32)cc1. The van der Waals surface area contributed by atoms with Crippen molar-refractivity contribution in [3.05, 3.63) is 83.7 Å². The van der Waals surface area contributed by atoms with E-state index < -0.39 is 0 Å². The summed E-state index contributed by atoms with van der Waals surface area (Å²) in [5.74, 6) is 0.920. The molecule has 3 nitrogen and oxygen atoms in total. The summed E-state index contributed by atoms with van der Waals surface area (Å²) in [5, 5.41) is 3.69. The van der Waals surface area contributed by atoms with E-state index in [4.69, 9.17) is 4.74 Å². The lowest BCUT2D eigenvalue weighted by Crippen LogP contribution is -2.21. The van der Waals surface area contributed by atoms with Gasteiger partial charge in [0.15, 0.2) is 0 Å². The molecule has 0 unspecified atom stereocenters. The number of ether oxygens (including phenoxy) is 1. The molecule has 1 aromatic heterocycles. The maximum atomic E-state index is 5.55. The molecule has 1 N–H and O–H groups in total. The van der Waals surface area contributed by atoms with Crippen LogP contribution in [0.5, 0.6) is 5.75 Å². The quantitative estimate of drug-likeness (QED) is 0.789. The molecule has 0 radical (unpaired) electrons. The van der Waals surface area contributed by atoms with Gasteiger partial charge < -0.3 is 14.6 Å². The molecule has 0 spiro atoms. The Hall–Kier alpha value is -2.52. The monoisotopic (exact) mass is 304 g/mol. The van der Waals surface area contributed by atoms with Gasteiger partial charge in [0, 0.05) is 24.1 Å².